The maximum absolute atomic E-state index is 13.0. The average Bonchev–Trinajstić information content (AvgIpc) is 3.28. The molecule has 0 unspecified atom stereocenters. The van der Waals surface area contributed by atoms with Crippen LogP contribution < -0.4 is 5.32 Å². The molecule has 1 aromatic carbocycles. The maximum Gasteiger partial charge on any atom is 0.325 e. The molecule has 4 amide bonds. The van der Waals surface area contributed by atoms with Crippen molar-refractivity contribution in [1.82, 2.24) is 15.1 Å². The van der Waals surface area contributed by atoms with E-state index in [2.05, 4.69) is 5.32 Å². The molecule has 1 aromatic rings. The number of piperidine rings is 1. The molecular weight excluding hydrogens is 346 g/mol. The fourth-order valence-corrected chi connectivity index (χ4v) is 4.12. The highest BCUT2D eigenvalue weighted by atomic mass is 16.5. The normalized spacial score (nSPS) is 24.6. The van der Waals surface area contributed by atoms with E-state index in [4.69, 9.17) is 4.74 Å². The number of rotatable bonds is 3. The first-order chi connectivity index (χ1) is 13.0. The highest BCUT2D eigenvalue weighted by Crippen LogP contribution is 2.31. The van der Waals surface area contributed by atoms with E-state index in [1.807, 2.05) is 31.2 Å². The first kappa shape index (κ1) is 18.0. The van der Waals surface area contributed by atoms with Gasteiger partial charge in [0.1, 0.15) is 11.6 Å². The maximum atomic E-state index is 13.0. The minimum atomic E-state index is -0.880. The smallest absolute Gasteiger partial charge is 0.325 e. The van der Waals surface area contributed by atoms with Gasteiger partial charge in [0.05, 0.1) is 6.54 Å². The number of ether oxygens (including phenoxy) is 1. The topological polar surface area (TPSA) is 79.0 Å². The van der Waals surface area contributed by atoms with Gasteiger partial charge in [-0.15, -0.1) is 0 Å². The fraction of sp³-hybridized carbons (Fsp3) is 0.550. The Kier molecular flexibility index (Phi) is 4.63. The first-order valence-electron chi connectivity index (χ1n) is 9.59. The minimum absolute atomic E-state index is 0.00985. The van der Waals surface area contributed by atoms with Crippen LogP contribution in [0.2, 0.25) is 0 Å². The molecule has 3 aliphatic rings. The summed E-state index contributed by atoms with van der Waals surface area (Å²) in [6, 6.07) is 7.46. The molecule has 27 heavy (non-hydrogen) atoms. The molecule has 0 saturated carbocycles. The number of urea groups is 1. The number of hydrogen-bond acceptors (Lipinski definition) is 4. The summed E-state index contributed by atoms with van der Waals surface area (Å²) in [4.78, 5) is 41.0. The van der Waals surface area contributed by atoms with Gasteiger partial charge in [-0.2, -0.15) is 0 Å². The lowest BCUT2D eigenvalue weighted by molar-refractivity contribution is -0.145. The van der Waals surface area contributed by atoms with Crippen molar-refractivity contribution in [3.8, 4) is 0 Å². The summed E-state index contributed by atoms with van der Waals surface area (Å²) < 4.78 is 5.48. The summed E-state index contributed by atoms with van der Waals surface area (Å²) in [5.41, 5.74) is 1.18. The predicted molar refractivity (Wildman–Crippen MR) is 97.8 cm³/mol. The zero-order valence-electron chi connectivity index (χ0n) is 15.6. The Morgan fingerprint density at radius 1 is 1.22 bits per heavy atom. The molecule has 3 saturated heterocycles. The van der Waals surface area contributed by atoms with E-state index in [-0.39, 0.29) is 30.5 Å². The Morgan fingerprint density at radius 3 is 2.56 bits per heavy atom. The summed E-state index contributed by atoms with van der Waals surface area (Å²) in [5.74, 6) is -0.173. The number of carbonyl (C=O) groups excluding carboxylic acids is 3. The Bertz CT molecular complexity index is 747. The molecule has 0 bridgehead atoms. The lowest BCUT2D eigenvalue weighted by atomic mass is 9.87. The van der Waals surface area contributed by atoms with Gasteiger partial charge in [0.15, 0.2) is 0 Å². The van der Waals surface area contributed by atoms with E-state index >= 15 is 0 Å². The standard InChI is InChI=1S/C20H25N3O4/c1-14-4-6-15(7-5-14)13-23-18(25)20(21-19(23)26)8-10-22(11-9-20)17(24)16-3-2-12-27-16/h4-7,16H,2-3,8-13H2,1H3,(H,21,26)/t16-/m1/s1. The molecular formula is C20H25N3O4. The number of nitrogens with one attached hydrogen (secondary N) is 1. The van der Waals surface area contributed by atoms with Crippen LogP contribution in [-0.4, -0.2) is 59.0 Å². The van der Waals surface area contributed by atoms with Crippen molar-refractivity contribution in [3.63, 3.8) is 0 Å². The fourth-order valence-electron chi connectivity index (χ4n) is 4.12. The van der Waals surface area contributed by atoms with Crippen molar-refractivity contribution in [2.45, 2.75) is 50.8 Å². The summed E-state index contributed by atoms with van der Waals surface area (Å²) >= 11 is 0. The number of aryl methyl sites for hydroxylation is 1. The molecule has 3 fully saturated rings. The van der Waals surface area contributed by atoms with E-state index in [1.165, 1.54) is 4.90 Å². The third-order valence-electron chi connectivity index (χ3n) is 5.84. The largest absolute Gasteiger partial charge is 0.368 e. The van der Waals surface area contributed by atoms with Gasteiger partial charge >= 0.3 is 6.03 Å². The van der Waals surface area contributed by atoms with Gasteiger partial charge in [-0.25, -0.2) is 4.79 Å². The van der Waals surface area contributed by atoms with Crippen molar-refractivity contribution < 1.29 is 19.1 Å². The molecule has 1 N–H and O–H groups in total. The summed E-state index contributed by atoms with van der Waals surface area (Å²) in [6.07, 6.45) is 2.23. The molecule has 1 spiro atoms. The molecule has 144 valence electrons. The van der Waals surface area contributed by atoms with Crippen LogP contribution >= 0.6 is 0 Å². The number of benzene rings is 1. The molecule has 7 nitrogen and oxygen atoms in total. The van der Waals surface area contributed by atoms with E-state index in [1.54, 1.807) is 4.90 Å². The van der Waals surface area contributed by atoms with E-state index in [9.17, 15) is 14.4 Å². The number of nitrogens with zero attached hydrogens (tertiary/aromatic N) is 2. The quantitative estimate of drug-likeness (QED) is 0.819. The van der Waals surface area contributed by atoms with Gasteiger partial charge in [-0.3, -0.25) is 14.5 Å². The Hall–Kier alpha value is -2.41. The summed E-state index contributed by atoms with van der Waals surface area (Å²) in [7, 11) is 0. The second-order valence-corrected chi connectivity index (χ2v) is 7.72. The van der Waals surface area contributed by atoms with Crippen molar-refractivity contribution in [2.24, 2.45) is 0 Å². The first-order valence-corrected chi connectivity index (χ1v) is 9.59. The van der Waals surface area contributed by atoms with Crippen molar-refractivity contribution >= 4 is 17.8 Å². The lowest BCUT2D eigenvalue weighted by Crippen LogP contribution is -2.57. The third kappa shape index (κ3) is 3.32. The Morgan fingerprint density at radius 2 is 1.93 bits per heavy atom. The second kappa shape index (κ2) is 6.96. The van der Waals surface area contributed by atoms with Crippen molar-refractivity contribution in [1.29, 1.82) is 0 Å². The Labute approximate surface area is 158 Å². The number of imide groups is 1. The number of amides is 4. The molecule has 1 atom stereocenters. The third-order valence-corrected chi connectivity index (χ3v) is 5.84. The average molecular weight is 371 g/mol. The van der Waals surface area contributed by atoms with Crippen LogP contribution in [0.25, 0.3) is 0 Å². The SMILES string of the molecule is Cc1ccc(CN2C(=O)NC3(CCN(C(=O)[C@H]4CCCO4)CC3)C2=O)cc1. The molecule has 7 heteroatoms. The van der Waals surface area contributed by atoms with Gasteiger partial charge in [-0.1, -0.05) is 29.8 Å². The summed E-state index contributed by atoms with van der Waals surface area (Å²) in [6.45, 7) is 3.83. The van der Waals surface area contributed by atoms with Gasteiger partial charge < -0.3 is 15.0 Å². The number of hydrogen-bond donors (Lipinski definition) is 1. The van der Waals surface area contributed by atoms with Crippen LogP contribution in [-0.2, 0) is 20.9 Å². The predicted octanol–water partition coefficient (Wildman–Crippen LogP) is 1.59. The van der Waals surface area contributed by atoms with Crippen LogP contribution in [0.4, 0.5) is 4.79 Å². The molecule has 3 aliphatic heterocycles. The number of carbonyl (C=O) groups is 3. The summed E-state index contributed by atoms with van der Waals surface area (Å²) in [5, 5.41) is 2.90. The van der Waals surface area contributed by atoms with Gasteiger partial charge in [0.25, 0.3) is 11.8 Å². The van der Waals surface area contributed by atoms with Crippen LogP contribution in [0, 0.1) is 6.92 Å². The van der Waals surface area contributed by atoms with Gasteiger partial charge in [0.2, 0.25) is 0 Å². The van der Waals surface area contributed by atoms with Gasteiger partial charge in [-0.05, 0) is 38.2 Å². The number of likely N-dealkylation sites (tertiary alicyclic amines) is 1. The molecule has 0 radical (unpaired) electrons. The second-order valence-electron chi connectivity index (χ2n) is 7.72. The van der Waals surface area contributed by atoms with Crippen LogP contribution in [0.3, 0.4) is 0 Å². The Balaban J connectivity index is 1.41. The molecule has 4 rings (SSSR count). The van der Waals surface area contributed by atoms with Crippen molar-refractivity contribution in [2.75, 3.05) is 19.7 Å². The zero-order valence-corrected chi connectivity index (χ0v) is 15.6. The lowest BCUT2D eigenvalue weighted by Gasteiger charge is -2.38. The van der Waals surface area contributed by atoms with E-state index in [0.717, 1.165) is 24.0 Å². The van der Waals surface area contributed by atoms with Crippen molar-refractivity contribution in [3.05, 3.63) is 35.4 Å². The monoisotopic (exact) mass is 371 g/mol. The van der Waals surface area contributed by atoms with Crippen LogP contribution in [0.5, 0.6) is 0 Å². The zero-order chi connectivity index (χ0) is 19.0. The highest BCUT2D eigenvalue weighted by Gasteiger charge is 2.52. The minimum Gasteiger partial charge on any atom is -0.368 e. The molecule has 0 aromatic heterocycles. The van der Waals surface area contributed by atoms with Crippen LogP contribution in [0.15, 0.2) is 24.3 Å². The van der Waals surface area contributed by atoms with E-state index < -0.39 is 5.54 Å². The van der Waals surface area contributed by atoms with Crippen LogP contribution in [0.1, 0.15) is 36.8 Å². The molecule has 0 aliphatic carbocycles. The van der Waals surface area contributed by atoms with Gasteiger partial charge in [0, 0.05) is 19.7 Å². The van der Waals surface area contributed by atoms with E-state index in [0.29, 0.717) is 32.5 Å². The molecule has 3 heterocycles. The highest BCUT2D eigenvalue weighted by molar-refractivity contribution is 6.07.